The standard InChI is InChI=1S/C14H18ClN3O3/c15-11-4-2-1-3-10(11)7-17-13(19)9-18-6-5-16-8-12(18)14(20)21/h1-4,12,16H,5-9H2,(H,17,19)(H,20,21). The number of benzene rings is 1. The SMILES string of the molecule is O=C(CN1CCNCC1C(=O)O)NCc1ccccc1Cl. The van der Waals surface area contributed by atoms with Gasteiger partial charge in [-0.1, -0.05) is 29.8 Å². The summed E-state index contributed by atoms with van der Waals surface area (Å²) in [5.41, 5.74) is 0.836. The Bertz CT molecular complexity index is 524. The number of hydrogen-bond acceptors (Lipinski definition) is 4. The van der Waals surface area contributed by atoms with E-state index in [0.29, 0.717) is 31.2 Å². The highest BCUT2D eigenvalue weighted by molar-refractivity contribution is 6.31. The van der Waals surface area contributed by atoms with Crippen LogP contribution in [-0.4, -0.2) is 54.1 Å². The van der Waals surface area contributed by atoms with Crippen LogP contribution < -0.4 is 10.6 Å². The van der Waals surface area contributed by atoms with Crippen LogP contribution in [0.3, 0.4) is 0 Å². The number of nitrogens with one attached hydrogen (secondary N) is 2. The summed E-state index contributed by atoms with van der Waals surface area (Å²) in [5.74, 6) is -1.12. The van der Waals surface area contributed by atoms with Crippen LogP contribution in [0.25, 0.3) is 0 Å². The van der Waals surface area contributed by atoms with Crippen molar-refractivity contribution >= 4 is 23.5 Å². The van der Waals surface area contributed by atoms with Crippen LogP contribution in [0.4, 0.5) is 0 Å². The largest absolute Gasteiger partial charge is 0.480 e. The molecule has 0 spiro atoms. The lowest BCUT2D eigenvalue weighted by molar-refractivity contribution is -0.144. The minimum Gasteiger partial charge on any atom is -0.480 e. The van der Waals surface area contributed by atoms with E-state index >= 15 is 0 Å². The molecule has 1 heterocycles. The molecule has 2 rings (SSSR count). The van der Waals surface area contributed by atoms with Crippen LogP contribution in [0.5, 0.6) is 0 Å². The molecule has 0 aromatic heterocycles. The van der Waals surface area contributed by atoms with E-state index in [-0.39, 0.29) is 12.5 Å². The van der Waals surface area contributed by atoms with Gasteiger partial charge in [0.1, 0.15) is 6.04 Å². The first-order valence-electron chi connectivity index (χ1n) is 6.75. The topological polar surface area (TPSA) is 81.7 Å². The van der Waals surface area contributed by atoms with Crippen molar-refractivity contribution in [1.82, 2.24) is 15.5 Å². The lowest BCUT2D eigenvalue weighted by Gasteiger charge is -2.32. The zero-order valence-electron chi connectivity index (χ0n) is 11.5. The highest BCUT2D eigenvalue weighted by Crippen LogP contribution is 2.14. The van der Waals surface area contributed by atoms with Crippen LogP contribution in [0.15, 0.2) is 24.3 Å². The van der Waals surface area contributed by atoms with Gasteiger partial charge in [-0.25, -0.2) is 0 Å². The quantitative estimate of drug-likeness (QED) is 0.729. The molecule has 6 nitrogen and oxygen atoms in total. The van der Waals surface area contributed by atoms with E-state index in [1.807, 2.05) is 18.2 Å². The van der Waals surface area contributed by atoms with Gasteiger partial charge in [0, 0.05) is 31.2 Å². The first-order chi connectivity index (χ1) is 10.1. The Labute approximate surface area is 128 Å². The minimum absolute atomic E-state index is 0.0725. The van der Waals surface area contributed by atoms with Crippen LogP contribution >= 0.6 is 11.6 Å². The van der Waals surface area contributed by atoms with Gasteiger partial charge in [-0.3, -0.25) is 14.5 Å². The summed E-state index contributed by atoms with van der Waals surface area (Å²) in [5, 5.41) is 15.5. The van der Waals surface area contributed by atoms with Crippen molar-refractivity contribution in [3.05, 3.63) is 34.9 Å². The second-order valence-electron chi connectivity index (χ2n) is 4.90. The third-order valence-electron chi connectivity index (χ3n) is 3.42. The molecule has 3 N–H and O–H groups in total. The molecule has 0 aliphatic carbocycles. The van der Waals surface area contributed by atoms with Crippen molar-refractivity contribution < 1.29 is 14.7 Å². The summed E-state index contributed by atoms with van der Waals surface area (Å²) in [6, 6.07) is 6.62. The predicted molar refractivity (Wildman–Crippen MR) is 79.2 cm³/mol. The van der Waals surface area contributed by atoms with Crippen molar-refractivity contribution in [2.45, 2.75) is 12.6 Å². The van der Waals surface area contributed by atoms with Crippen molar-refractivity contribution in [1.29, 1.82) is 0 Å². The summed E-state index contributed by atoms with van der Waals surface area (Å²) in [6.45, 7) is 1.98. The van der Waals surface area contributed by atoms with Gasteiger partial charge in [-0.15, -0.1) is 0 Å². The second kappa shape index (κ2) is 7.40. The van der Waals surface area contributed by atoms with E-state index in [1.54, 1.807) is 11.0 Å². The summed E-state index contributed by atoms with van der Waals surface area (Å²) in [7, 11) is 0. The van der Waals surface area contributed by atoms with Gasteiger partial charge in [0.2, 0.25) is 5.91 Å². The Morgan fingerprint density at radius 3 is 2.90 bits per heavy atom. The van der Waals surface area contributed by atoms with Crippen LogP contribution in [0.1, 0.15) is 5.56 Å². The maximum Gasteiger partial charge on any atom is 0.322 e. The third kappa shape index (κ3) is 4.42. The molecule has 1 amide bonds. The average Bonchev–Trinajstić information content (AvgIpc) is 2.47. The Hall–Kier alpha value is -1.63. The summed E-state index contributed by atoms with van der Waals surface area (Å²) in [6.07, 6.45) is 0. The molecule has 1 atom stereocenters. The maximum absolute atomic E-state index is 12.0. The number of halogens is 1. The smallest absolute Gasteiger partial charge is 0.322 e. The van der Waals surface area contributed by atoms with Crippen molar-refractivity contribution in [2.24, 2.45) is 0 Å². The fourth-order valence-corrected chi connectivity index (χ4v) is 2.46. The van der Waals surface area contributed by atoms with Gasteiger partial charge >= 0.3 is 5.97 Å². The zero-order chi connectivity index (χ0) is 15.2. The molecule has 7 heteroatoms. The van der Waals surface area contributed by atoms with Gasteiger partial charge in [0.25, 0.3) is 0 Å². The number of rotatable bonds is 5. The van der Waals surface area contributed by atoms with Gasteiger partial charge < -0.3 is 15.7 Å². The molecule has 0 saturated carbocycles. The van der Waals surface area contributed by atoms with Gasteiger partial charge in [0.15, 0.2) is 0 Å². The molecule has 1 fully saturated rings. The monoisotopic (exact) mass is 311 g/mol. The molecule has 0 radical (unpaired) electrons. The number of carboxylic acid groups (broad SMARTS) is 1. The van der Waals surface area contributed by atoms with Gasteiger partial charge in [-0.05, 0) is 11.6 Å². The van der Waals surface area contributed by atoms with Gasteiger partial charge in [-0.2, -0.15) is 0 Å². The van der Waals surface area contributed by atoms with Crippen molar-refractivity contribution in [3.63, 3.8) is 0 Å². The van der Waals surface area contributed by atoms with Crippen molar-refractivity contribution in [3.8, 4) is 0 Å². The van der Waals surface area contributed by atoms with E-state index in [9.17, 15) is 9.59 Å². The molecule has 1 aromatic carbocycles. The fraction of sp³-hybridized carbons (Fsp3) is 0.429. The van der Waals surface area contributed by atoms with E-state index in [1.165, 1.54) is 0 Å². The van der Waals surface area contributed by atoms with Crippen LogP contribution in [0, 0.1) is 0 Å². The highest BCUT2D eigenvalue weighted by Gasteiger charge is 2.29. The number of carboxylic acids is 1. The normalized spacial score (nSPS) is 19.2. The van der Waals surface area contributed by atoms with E-state index in [2.05, 4.69) is 10.6 Å². The van der Waals surface area contributed by atoms with Crippen molar-refractivity contribution in [2.75, 3.05) is 26.2 Å². The molecular formula is C14H18ClN3O3. The number of nitrogens with zero attached hydrogens (tertiary/aromatic N) is 1. The summed E-state index contributed by atoms with van der Waals surface area (Å²) in [4.78, 5) is 24.8. The molecule has 1 saturated heterocycles. The fourth-order valence-electron chi connectivity index (χ4n) is 2.26. The summed E-state index contributed by atoms with van der Waals surface area (Å²) < 4.78 is 0. The average molecular weight is 312 g/mol. The Morgan fingerprint density at radius 1 is 1.43 bits per heavy atom. The number of hydrogen-bond donors (Lipinski definition) is 3. The molecule has 21 heavy (non-hydrogen) atoms. The van der Waals surface area contributed by atoms with Gasteiger partial charge in [0.05, 0.1) is 6.54 Å². The number of carbonyl (C=O) groups is 2. The lowest BCUT2D eigenvalue weighted by Crippen LogP contribution is -2.57. The Balaban J connectivity index is 1.86. The second-order valence-corrected chi connectivity index (χ2v) is 5.30. The number of amides is 1. The molecule has 1 unspecified atom stereocenters. The maximum atomic E-state index is 12.0. The number of piperazine rings is 1. The first kappa shape index (κ1) is 15.8. The summed E-state index contributed by atoms with van der Waals surface area (Å²) >= 11 is 6.02. The third-order valence-corrected chi connectivity index (χ3v) is 3.79. The number of aliphatic carboxylic acids is 1. The van der Waals surface area contributed by atoms with E-state index in [0.717, 1.165) is 5.56 Å². The Kier molecular flexibility index (Phi) is 5.55. The number of carbonyl (C=O) groups excluding carboxylic acids is 1. The molecule has 114 valence electrons. The molecule has 1 aliphatic heterocycles. The lowest BCUT2D eigenvalue weighted by atomic mass is 10.2. The van der Waals surface area contributed by atoms with E-state index < -0.39 is 12.0 Å². The molecule has 1 aromatic rings. The molecule has 0 bridgehead atoms. The molecule has 1 aliphatic rings. The Morgan fingerprint density at radius 2 is 2.19 bits per heavy atom. The first-order valence-corrected chi connectivity index (χ1v) is 7.13. The van der Waals surface area contributed by atoms with Crippen LogP contribution in [0.2, 0.25) is 5.02 Å². The predicted octanol–water partition coefficient (Wildman–Crippen LogP) is 0.315. The van der Waals surface area contributed by atoms with Crippen LogP contribution in [-0.2, 0) is 16.1 Å². The van der Waals surface area contributed by atoms with E-state index in [4.69, 9.17) is 16.7 Å². The highest BCUT2D eigenvalue weighted by atomic mass is 35.5. The minimum atomic E-state index is -0.916. The molecular weight excluding hydrogens is 294 g/mol. The zero-order valence-corrected chi connectivity index (χ0v) is 12.3.